The third kappa shape index (κ3) is 7.69. The van der Waals surface area contributed by atoms with E-state index in [0.717, 1.165) is 19.3 Å². The zero-order chi connectivity index (χ0) is 18.7. The van der Waals surface area contributed by atoms with Crippen molar-refractivity contribution < 1.29 is 23.9 Å². The van der Waals surface area contributed by atoms with Crippen LogP contribution in [0.5, 0.6) is 5.75 Å². The van der Waals surface area contributed by atoms with Gasteiger partial charge in [0.25, 0.3) is 5.91 Å². The highest BCUT2D eigenvalue weighted by molar-refractivity contribution is 5.92. The van der Waals surface area contributed by atoms with Crippen molar-refractivity contribution in [2.24, 2.45) is 0 Å². The molecule has 0 unspecified atom stereocenters. The molecular weight excluding hydrogens is 324 g/mol. The summed E-state index contributed by atoms with van der Waals surface area (Å²) in [4.78, 5) is 36.2. The molecule has 0 atom stereocenters. The lowest BCUT2D eigenvalue weighted by atomic mass is 10.2. The molecule has 1 N–H and O–H groups in total. The van der Waals surface area contributed by atoms with E-state index in [4.69, 9.17) is 9.47 Å². The Balaban J connectivity index is 2.41. The molecule has 0 aromatic heterocycles. The molecule has 7 heteroatoms. The number of benzene rings is 1. The van der Waals surface area contributed by atoms with Crippen LogP contribution in [0.1, 0.15) is 36.5 Å². The first kappa shape index (κ1) is 20.5. The van der Waals surface area contributed by atoms with Gasteiger partial charge in [-0.15, -0.1) is 0 Å². The smallest absolute Gasteiger partial charge is 0.338 e. The number of esters is 1. The van der Waals surface area contributed by atoms with Crippen molar-refractivity contribution in [2.75, 3.05) is 33.9 Å². The Morgan fingerprint density at radius 1 is 1.12 bits per heavy atom. The summed E-state index contributed by atoms with van der Waals surface area (Å²) >= 11 is 0. The molecule has 25 heavy (non-hydrogen) atoms. The van der Waals surface area contributed by atoms with Crippen molar-refractivity contribution in [1.82, 2.24) is 10.2 Å². The molecule has 1 rings (SSSR count). The highest BCUT2D eigenvalue weighted by Crippen LogP contribution is 2.13. The van der Waals surface area contributed by atoms with Gasteiger partial charge in [-0.05, 0) is 30.7 Å². The highest BCUT2D eigenvalue weighted by atomic mass is 16.5. The minimum atomic E-state index is -0.598. The number of carbonyl (C=O) groups excluding carboxylic acids is 3. The van der Waals surface area contributed by atoms with Gasteiger partial charge in [-0.25, -0.2) is 4.79 Å². The van der Waals surface area contributed by atoms with Crippen LogP contribution < -0.4 is 10.1 Å². The molecule has 0 fully saturated rings. The predicted molar refractivity (Wildman–Crippen MR) is 93.4 cm³/mol. The van der Waals surface area contributed by atoms with Gasteiger partial charge in [0.2, 0.25) is 5.91 Å². The molecule has 0 radical (unpaired) electrons. The monoisotopic (exact) mass is 350 g/mol. The molecule has 0 bridgehead atoms. The summed E-state index contributed by atoms with van der Waals surface area (Å²) in [6, 6.07) is 6.58. The Morgan fingerprint density at radius 3 is 2.40 bits per heavy atom. The number of amides is 2. The molecule has 0 saturated heterocycles. The van der Waals surface area contributed by atoms with Gasteiger partial charge in [0.05, 0.1) is 18.7 Å². The van der Waals surface area contributed by atoms with E-state index in [2.05, 4.69) is 12.2 Å². The van der Waals surface area contributed by atoms with Crippen LogP contribution in [-0.4, -0.2) is 56.5 Å². The molecule has 0 aliphatic carbocycles. The molecule has 7 nitrogen and oxygen atoms in total. The topological polar surface area (TPSA) is 84.9 Å². The zero-order valence-electron chi connectivity index (χ0n) is 15.0. The fourth-order valence-corrected chi connectivity index (χ4v) is 1.93. The Hall–Kier alpha value is -2.57. The fraction of sp³-hybridized carbons (Fsp3) is 0.500. The molecule has 0 heterocycles. The molecular formula is C18H26N2O5. The number of hydrogen-bond acceptors (Lipinski definition) is 5. The van der Waals surface area contributed by atoms with Crippen LogP contribution >= 0.6 is 0 Å². The van der Waals surface area contributed by atoms with E-state index in [9.17, 15) is 14.4 Å². The Bertz CT molecular complexity index is 571. The summed E-state index contributed by atoms with van der Waals surface area (Å²) in [5.74, 6) is -0.655. The largest absolute Gasteiger partial charge is 0.494 e. The van der Waals surface area contributed by atoms with Crippen molar-refractivity contribution in [1.29, 1.82) is 0 Å². The number of rotatable bonds is 10. The number of likely N-dealkylation sites (N-methyl/N-ethyl adjacent to an activating group) is 2. The van der Waals surface area contributed by atoms with Crippen LogP contribution in [-0.2, 0) is 14.3 Å². The summed E-state index contributed by atoms with van der Waals surface area (Å²) in [7, 11) is 2.95. The van der Waals surface area contributed by atoms with Gasteiger partial charge in [-0.2, -0.15) is 0 Å². The molecule has 138 valence electrons. The van der Waals surface area contributed by atoms with Crippen molar-refractivity contribution in [2.45, 2.75) is 26.2 Å². The molecule has 0 aliphatic heterocycles. The summed E-state index contributed by atoms with van der Waals surface area (Å²) < 4.78 is 10.5. The van der Waals surface area contributed by atoms with Gasteiger partial charge in [0.15, 0.2) is 6.61 Å². The molecule has 0 saturated carbocycles. The third-order valence-electron chi connectivity index (χ3n) is 3.52. The average Bonchev–Trinajstić information content (AvgIpc) is 2.63. The Kier molecular flexibility index (Phi) is 9.06. The lowest BCUT2D eigenvalue weighted by molar-refractivity contribution is -0.137. The van der Waals surface area contributed by atoms with Gasteiger partial charge < -0.3 is 19.7 Å². The maximum atomic E-state index is 11.9. The minimum Gasteiger partial charge on any atom is -0.494 e. The van der Waals surface area contributed by atoms with Crippen LogP contribution in [0.3, 0.4) is 0 Å². The van der Waals surface area contributed by atoms with Crippen LogP contribution in [0.2, 0.25) is 0 Å². The third-order valence-corrected chi connectivity index (χ3v) is 3.52. The van der Waals surface area contributed by atoms with E-state index < -0.39 is 18.5 Å². The summed E-state index contributed by atoms with van der Waals surface area (Å²) in [5.41, 5.74) is 0.336. The lowest BCUT2D eigenvalue weighted by Crippen LogP contribution is -2.39. The van der Waals surface area contributed by atoms with E-state index in [1.54, 1.807) is 24.3 Å². The fourth-order valence-electron chi connectivity index (χ4n) is 1.93. The summed E-state index contributed by atoms with van der Waals surface area (Å²) in [6.45, 7) is 2.27. The minimum absolute atomic E-state index is 0.0864. The van der Waals surface area contributed by atoms with Crippen molar-refractivity contribution in [3.8, 4) is 5.75 Å². The van der Waals surface area contributed by atoms with Crippen molar-refractivity contribution >= 4 is 17.8 Å². The number of ether oxygens (including phenoxy) is 2. The van der Waals surface area contributed by atoms with Crippen molar-refractivity contribution in [3.63, 3.8) is 0 Å². The number of unbranched alkanes of at least 4 members (excludes halogenated alkanes) is 2. The first-order chi connectivity index (χ1) is 12.0. The molecule has 1 aromatic carbocycles. The number of carbonyl (C=O) groups is 3. The Labute approximate surface area is 148 Å². The van der Waals surface area contributed by atoms with Gasteiger partial charge in [0.1, 0.15) is 5.75 Å². The molecule has 1 aromatic rings. The first-order valence-electron chi connectivity index (χ1n) is 8.32. The van der Waals surface area contributed by atoms with E-state index in [-0.39, 0.29) is 12.5 Å². The van der Waals surface area contributed by atoms with Crippen molar-refractivity contribution in [3.05, 3.63) is 29.8 Å². The number of nitrogens with zero attached hydrogens (tertiary/aromatic N) is 1. The van der Waals surface area contributed by atoms with E-state index in [1.165, 1.54) is 19.0 Å². The van der Waals surface area contributed by atoms with Crippen LogP contribution in [0.25, 0.3) is 0 Å². The van der Waals surface area contributed by atoms with Gasteiger partial charge in [-0.1, -0.05) is 19.8 Å². The second kappa shape index (κ2) is 11.1. The van der Waals surface area contributed by atoms with E-state index in [1.807, 2.05) is 0 Å². The first-order valence-corrected chi connectivity index (χ1v) is 8.32. The van der Waals surface area contributed by atoms with Crippen LogP contribution in [0.4, 0.5) is 0 Å². The average molecular weight is 350 g/mol. The molecule has 0 aliphatic rings. The standard InChI is InChI=1S/C18H26N2O5/c1-4-5-6-11-24-15-9-7-14(8-10-15)18(23)25-13-17(22)20(3)12-16(21)19-2/h7-10H,4-6,11-13H2,1-3H3,(H,19,21). The maximum absolute atomic E-state index is 11.9. The molecule has 2 amide bonds. The van der Waals surface area contributed by atoms with E-state index >= 15 is 0 Å². The normalized spacial score (nSPS) is 10.0. The summed E-state index contributed by atoms with van der Waals surface area (Å²) in [6.07, 6.45) is 3.24. The second-order valence-electron chi connectivity index (χ2n) is 5.58. The lowest BCUT2D eigenvalue weighted by Gasteiger charge is -2.15. The second-order valence-corrected chi connectivity index (χ2v) is 5.58. The van der Waals surface area contributed by atoms with Crippen LogP contribution in [0, 0.1) is 0 Å². The summed E-state index contributed by atoms with van der Waals surface area (Å²) in [5, 5.41) is 2.42. The Morgan fingerprint density at radius 2 is 1.80 bits per heavy atom. The maximum Gasteiger partial charge on any atom is 0.338 e. The van der Waals surface area contributed by atoms with E-state index in [0.29, 0.717) is 17.9 Å². The predicted octanol–water partition coefficient (Wildman–Crippen LogP) is 1.62. The van der Waals surface area contributed by atoms with Gasteiger partial charge in [0, 0.05) is 14.1 Å². The van der Waals surface area contributed by atoms with Gasteiger partial charge >= 0.3 is 5.97 Å². The number of hydrogen-bond donors (Lipinski definition) is 1. The molecule has 0 spiro atoms. The van der Waals surface area contributed by atoms with Gasteiger partial charge in [-0.3, -0.25) is 9.59 Å². The SMILES string of the molecule is CCCCCOc1ccc(C(=O)OCC(=O)N(C)CC(=O)NC)cc1. The number of nitrogens with one attached hydrogen (secondary N) is 1. The highest BCUT2D eigenvalue weighted by Gasteiger charge is 2.15. The van der Waals surface area contributed by atoms with Crippen LogP contribution in [0.15, 0.2) is 24.3 Å². The zero-order valence-corrected chi connectivity index (χ0v) is 15.0. The quantitative estimate of drug-likeness (QED) is 0.512.